The highest BCUT2D eigenvalue weighted by Gasteiger charge is 2.26. The molecule has 1 aliphatic rings. The predicted molar refractivity (Wildman–Crippen MR) is 77.4 cm³/mol. The Balaban J connectivity index is 1.87. The van der Waals surface area contributed by atoms with Gasteiger partial charge in [-0.05, 0) is 26.0 Å². The van der Waals surface area contributed by atoms with Crippen molar-refractivity contribution in [3.63, 3.8) is 0 Å². The maximum atomic E-state index is 12.2. The van der Waals surface area contributed by atoms with Crippen LogP contribution in [0, 0.1) is 0 Å². The molecule has 2 unspecified atom stereocenters. The standard InChI is InChI=1S/C15H21N3O2/c1-11-10-18(12(2)8-16-11)14(19)9-17-15(20)13-6-4-3-5-7-13/h3-7,11-12,16H,8-10H2,1-2H3,(H,17,20). The summed E-state index contributed by atoms with van der Waals surface area (Å²) in [5.41, 5.74) is 0.571. The monoisotopic (exact) mass is 275 g/mol. The molecule has 1 aromatic carbocycles. The molecule has 20 heavy (non-hydrogen) atoms. The molecule has 2 rings (SSSR count). The molecule has 1 aliphatic heterocycles. The van der Waals surface area contributed by atoms with Gasteiger partial charge >= 0.3 is 0 Å². The van der Waals surface area contributed by atoms with Crippen LogP contribution < -0.4 is 10.6 Å². The van der Waals surface area contributed by atoms with Gasteiger partial charge in [0.05, 0.1) is 6.54 Å². The summed E-state index contributed by atoms with van der Waals surface area (Å²) in [6.07, 6.45) is 0. The minimum atomic E-state index is -0.213. The second-order valence-corrected chi connectivity index (χ2v) is 5.25. The molecule has 0 aromatic heterocycles. The summed E-state index contributed by atoms with van der Waals surface area (Å²) < 4.78 is 0. The fourth-order valence-corrected chi connectivity index (χ4v) is 2.32. The quantitative estimate of drug-likeness (QED) is 0.850. The van der Waals surface area contributed by atoms with Crippen LogP contribution >= 0.6 is 0 Å². The van der Waals surface area contributed by atoms with E-state index in [4.69, 9.17) is 0 Å². The van der Waals surface area contributed by atoms with Crippen molar-refractivity contribution in [3.8, 4) is 0 Å². The molecule has 5 nitrogen and oxygen atoms in total. The number of hydrogen-bond donors (Lipinski definition) is 2. The number of hydrogen-bond acceptors (Lipinski definition) is 3. The van der Waals surface area contributed by atoms with Crippen LogP contribution in [0.5, 0.6) is 0 Å². The summed E-state index contributed by atoms with van der Waals surface area (Å²) in [7, 11) is 0. The molecule has 2 atom stereocenters. The zero-order valence-corrected chi connectivity index (χ0v) is 11.9. The van der Waals surface area contributed by atoms with Gasteiger partial charge in [-0.2, -0.15) is 0 Å². The van der Waals surface area contributed by atoms with Gasteiger partial charge in [-0.25, -0.2) is 0 Å². The van der Waals surface area contributed by atoms with Crippen molar-refractivity contribution in [1.82, 2.24) is 15.5 Å². The van der Waals surface area contributed by atoms with Crippen molar-refractivity contribution in [1.29, 1.82) is 0 Å². The topological polar surface area (TPSA) is 61.4 Å². The van der Waals surface area contributed by atoms with Gasteiger partial charge in [0.15, 0.2) is 0 Å². The van der Waals surface area contributed by atoms with E-state index in [2.05, 4.69) is 17.6 Å². The van der Waals surface area contributed by atoms with Gasteiger partial charge in [0, 0.05) is 30.7 Å². The van der Waals surface area contributed by atoms with Gasteiger partial charge < -0.3 is 15.5 Å². The number of nitrogens with zero attached hydrogens (tertiary/aromatic N) is 1. The van der Waals surface area contributed by atoms with E-state index in [-0.39, 0.29) is 24.4 Å². The van der Waals surface area contributed by atoms with Gasteiger partial charge in [-0.1, -0.05) is 18.2 Å². The molecule has 1 fully saturated rings. The lowest BCUT2D eigenvalue weighted by atomic mass is 10.1. The van der Waals surface area contributed by atoms with E-state index >= 15 is 0 Å². The van der Waals surface area contributed by atoms with Gasteiger partial charge in [0.2, 0.25) is 5.91 Å². The van der Waals surface area contributed by atoms with E-state index in [9.17, 15) is 9.59 Å². The number of carbonyl (C=O) groups is 2. The zero-order chi connectivity index (χ0) is 14.5. The summed E-state index contributed by atoms with van der Waals surface area (Å²) in [6, 6.07) is 9.37. The molecular formula is C15H21N3O2. The summed E-state index contributed by atoms with van der Waals surface area (Å²) in [5, 5.41) is 6.01. The van der Waals surface area contributed by atoms with Crippen LogP contribution in [0.25, 0.3) is 0 Å². The Morgan fingerprint density at radius 1 is 1.30 bits per heavy atom. The average Bonchev–Trinajstić information content (AvgIpc) is 2.47. The van der Waals surface area contributed by atoms with Crippen LogP contribution in [0.3, 0.4) is 0 Å². The van der Waals surface area contributed by atoms with Crippen molar-refractivity contribution in [2.75, 3.05) is 19.6 Å². The highest BCUT2D eigenvalue weighted by atomic mass is 16.2. The second-order valence-electron chi connectivity index (χ2n) is 5.25. The van der Waals surface area contributed by atoms with Crippen molar-refractivity contribution >= 4 is 11.8 Å². The fourth-order valence-electron chi connectivity index (χ4n) is 2.32. The molecule has 0 saturated carbocycles. The number of rotatable bonds is 3. The first-order chi connectivity index (χ1) is 9.58. The number of nitrogens with one attached hydrogen (secondary N) is 2. The van der Waals surface area contributed by atoms with Crippen LogP contribution in [0.4, 0.5) is 0 Å². The minimum absolute atomic E-state index is 0.0323. The first-order valence-electron chi connectivity index (χ1n) is 6.94. The molecule has 0 radical (unpaired) electrons. The summed E-state index contributed by atoms with van der Waals surface area (Å²) in [4.78, 5) is 25.9. The second kappa shape index (κ2) is 6.52. The molecular weight excluding hydrogens is 254 g/mol. The number of amides is 2. The third-order valence-electron chi connectivity index (χ3n) is 3.52. The van der Waals surface area contributed by atoms with Crippen LogP contribution in [0.1, 0.15) is 24.2 Å². The van der Waals surface area contributed by atoms with Gasteiger partial charge in [0.1, 0.15) is 0 Å². The smallest absolute Gasteiger partial charge is 0.251 e. The molecule has 2 amide bonds. The lowest BCUT2D eigenvalue weighted by Crippen LogP contribution is -2.57. The Kier molecular flexibility index (Phi) is 4.74. The van der Waals surface area contributed by atoms with Crippen molar-refractivity contribution in [2.24, 2.45) is 0 Å². The van der Waals surface area contributed by atoms with Gasteiger partial charge in [-0.15, -0.1) is 0 Å². The maximum Gasteiger partial charge on any atom is 0.251 e. The number of piperazine rings is 1. The van der Waals surface area contributed by atoms with Gasteiger partial charge in [0.25, 0.3) is 5.91 Å². The Morgan fingerprint density at radius 2 is 2.00 bits per heavy atom. The van der Waals surface area contributed by atoms with Crippen molar-refractivity contribution in [3.05, 3.63) is 35.9 Å². The third-order valence-corrected chi connectivity index (χ3v) is 3.52. The summed E-state index contributed by atoms with van der Waals surface area (Å²) in [6.45, 7) is 5.58. The van der Waals surface area contributed by atoms with Crippen LogP contribution in [0.2, 0.25) is 0 Å². The van der Waals surface area contributed by atoms with E-state index in [1.54, 1.807) is 24.3 Å². The first kappa shape index (κ1) is 14.5. The SMILES string of the molecule is CC1CN(C(=O)CNC(=O)c2ccccc2)C(C)CN1. The lowest BCUT2D eigenvalue weighted by molar-refractivity contribution is -0.133. The lowest BCUT2D eigenvalue weighted by Gasteiger charge is -2.37. The highest BCUT2D eigenvalue weighted by molar-refractivity contribution is 5.96. The summed E-state index contributed by atoms with van der Waals surface area (Å²) >= 11 is 0. The molecule has 1 saturated heterocycles. The molecule has 1 aromatic rings. The predicted octanol–water partition coefficient (Wildman–Crippen LogP) is 0.625. The van der Waals surface area contributed by atoms with Crippen LogP contribution in [-0.2, 0) is 4.79 Å². The average molecular weight is 275 g/mol. The minimum Gasteiger partial charge on any atom is -0.343 e. The molecule has 0 spiro atoms. The molecule has 2 N–H and O–H groups in total. The molecule has 108 valence electrons. The van der Waals surface area contributed by atoms with E-state index in [0.717, 1.165) is 6.54 Å². The normalized spacial score (nSPS) is 22.4. The molecule has 0 bridgehead atoms. The molecule has 0 aliphatic carbocycles. The Morgan fingerprint density at radius 3 is 2.70 bits per heavy atom. The maximum absolute atomic E-state index is 12.2. The van der Waals surface area contributed by atoms with E-state index in [1.165, 1.54) is 0 Å². The fraction of sp³-hybridized carbons (Fsp3) is 0.467. The van der Waals surface area contributed by atoms with Crippen LogP contribution in [0.15, 0.2) is 30.3 Å². The molecule has 5 heteroatoms. The first-order valence-corrected chi connectivity index (χ1v) is 6.94. The summed E-state index contributed by atoms with van der Waals surface area (Å²) in [5.74, 6) is -0.245. The van der Waals surface area contributed by atoms with Crippen molar-refractivity contribution in [2.45, 2.75) is 25.9 Å². The van der Waals surface area contributed by atoms with Crippen molar-refractivity contribution < 1.29 is 9.59 Å². The Hall–Kier alpha value is -1.88. The third kappa shape index (κ3) is 3.57. The molecule has 1 heterocycles. The van der Waals surface area contributed by atoms with Gasteiger partial charge in [-0.3, -0.25) is 9.59 Å². The Labute approximate surface area is 119 Å². The van der Waals surface area contributed by atoms with E-state index < -0.39 is 0 Å². The highest BCUT2D eigenvalue weighted by Crippen LogP contribution is 2.06. The van der Waals surface area contributed by atoms with E-state index in [0.29, 0.717) is 18.2 Å². The van der Waals surface area contributed by atoms with E-state index in [1.807, 2.05) is 17.9 Å². The Bertz CT molecular complexity index is 475. The zero-order valence-electron chi connectivity index (χ0n) is 11.9. The number of benzene rings is 1. The largest absolute Gasteiger partial charge is 0.343 e. The van der Waals surface area contributed by atoms with Crippen LogP contribution in [-0.4, -0.2) is 48.4 Å². The number of carbonyl (C=O) groups excluding carboxylic acids is 2.